The molecule has 0 radical (unpaired) electrons. The van der Waals surface area contributed by atoms with Crippen LogP contribution >= 0.6 is 0 Å². The maximum absolute atomic E-state index is 11.3. The van der Waals surface area contributed by atoms with Gasteiger partial charge < -0.3 is 9.47 Å². The maximum Gasteiger partial charge on any atom is 0.305 e. The van der Waals surface area contributed by atoms with E-state index in [9.17, 15) is 19.2 Å². The summed E-state index contributed by atoms with van der Waals surface area (Å²) < 4.78 is 8.80. The van der Waals surface area contributed by atoms with E-state index in [-0.39, 0.29) is 37.2 Å². The van der Waals surface area contributed by atoms with E-state index in [2.05, 4.69) is 9.47 Å². The molecular weight excluding hydrogens is 264 g/mol. The smallest absolute Gasteiger partial charge is 0.305 e. The zero-order chi connectivity index (χ0) is 15.4. The van der Waals surface area contributed by atoms with Crippen LogP contribution in [0, 0.1) is 0 Å². The second-order valence-corrected chi connectivity index (χ2v) is 3.80. The van der Waals surface area contributed by atoms with Crippen LogP contribution in [0.3, 0.4) is 0 Å². The van der Waals surface area contributed by atoms with Gasteiger partial charge in [0.15, 0.2) is 11.6 Å². The van der Waals surface area contributed by atoms with Gasteiger partial charge in [-0.3, -0.25) is 19.2 Å². The first-order valence-electron chi connectivity index (χ1n) is 6.03. The van der Waals surface area contributed by atoms with Crippen LogP contribution in [0.2, 0.25) is 0 Å². The van der Waals surface area contributed by atoms with Crippen molar-refractivity contribution in [2.45, 2.75) is 25.7 Å². The molecule has 110 valence electrons. The molecule has 0 saturated carbocycles. The number of carbonyl (C=O) groups excluding carboxylic acids is 4. The number of ether oxygens (including phenoxy) is 2. The molecule has 0 rings (SSSR count). The Labute approximate surface area is 117 Å². The van der Waals surface area contributed by atoms with E-state index < -0.39 is 11.9 Å². The van der Waals surface area contributed by atoms with Crippen molar-refractivity contribution >= 4 is 23.5 Å². The minimum absolute atomic E-state index is 0.0292. The summed E-state index contributed by atoms with van der Waals surface area (Å²) >= 11 is 0. The van der Waals surface area contributed by atoms with Crippen LogP contribution in [0.5, 0.6) is 0 Å². The third-order valence-electron chi connectivity index (χ3n) is 2.28. The number of methoxy groups -OCH3 is 2. The minimum Gasteiger partial charge on any atom is -0.469 e. The molecule has 0 aliphatic carbocycles. The number of hydrogen-bond donors (Lipinski definition) is 0. The highest BCUT2D eigenvalue weighted by atomic mass is 16.5. The first-order chi connectivity index (χ1) is 9.49. The molecular formula is C14H18O6. The summed E-state index contributed by atoms with van der Waals surface area (Å²) in [5, 5.41) is 0. The van der Waals surface area contributed by atoms with E-state index in [1.807, 2.05) is 0 Å². The quantitative estimate of drug-likeness (QED) is 0.358. The third kappa shape index (κ3) is 9.76. The van der Waals surface area contributed by atoms with Crippen LogP contribution < -0.4 is 0 Å². The van der Waals surface area contributed by atoms with Gasteiger partial charge in [-0.25, -0.2) is 0 Å². The van der Waals surface area contributed by atoms with E-state index >= 15 is 0 Å². The molecule has 20 heavy (non-hydrogen) atoms. The highest BCUT2D eigenvalue weighted by molar-refractivity contribution is 5.93. The normalized spacial score (nSPS) is 10.7. The van der Waals surface area contributed by atoms with Crippen molar-refractivity contribution < 1.29 is 28.7 Å². The zero-order valence-corrected chi connectivity index (χ0v) is 11.6. The van der Waals surface area contributed by atoms with Gasteiger partial charge in [-0.1, -0.05) is 12.2 Å². The average molecular weight is 282 g/mol. The molecule has 0 unspecified atom stereocenters. The summed E-state index contributed by atoms with van der Waals surface area (Å²) in [6, 6.07) is 0. The summed E-state index contributed by atoms with van der Waals surface area (Å²) in [6.45, 7) is 0. The molecule has 0 atom stereocenters. The van der Waals surface area contributed by atoms with E-state index in [0.29, 0.717) is 0 Å². The van der Waals surface area contributed by atoms with Gasteiger partial charge in [-0.2, -0.15) is 0 Å². The lowest BCUT2D eigenvalue weighted by atomic mass is 10.2. The summed E-state index contributed by atoms with van der Waals surface area (Å²) in [6.07, 6.45) is 5.55. The Morgan fingerprint density at radius 1 is 0.700 bits per heavy atom. The molecule has 0 amide bonds. The Morgan fingerprint density at radius 3 is 1.35 bits per heavy atom. The molecule has 0 spiro atoms. The van der Waals surface area contributed by atoms with E-state index in [4.69, 9.17) is 0 Å². The Balaban J connectivity index is 3.95. The van der Waals surface area contributed by atoms with Crippen molar-refractivity contribution in [3.63, 3.8) is 0 Å². The van der Waals surface area contributed by atoms with E-state index in [0.717, 1.165) is 0 Å². The van der Waals surface area contributed by atoms with Gasteiger partial charge in [-0.15, -0.1) is 0 Å². The van der Waals surface area contributed by atoms with Crippen molar-refractivity contribution in [1.82, 2.24) is 0 Å². The van der Waals surface area contributed by atoms with Crippen LogP contribution in [0.15, 0.2) is 24.3 Å². The van der Waals surface area contributed by atoms with E-state index in [1.165, 1.54) is 38.5 Å². The van der Waals surface area contributed by atoms with Crippen LogP contribution in [0.1, 0.15) is 25.7 Å². The van der Waals surface area contributed by atoms with Gasteiger partial charge in [-0.05, 0) is 12.2 Å². The summed E-state index contributed by atoms with van der Waals surface area (Å²) in [7, 11) is 2.51. The lowest BCUT2D eigenvalue weighted by Gasteiger charge is -1.95. The van der Waals surface area contributed by atoms with Crippen molar-refractivity contribution in [1.29, 1.82) is 0 Å². The molecule has 0 bridgehead atoms. The molecule has 6 heteroatoms. The van der Waals surface area contributed by atoms with Crippen molar-refractivity contribution in [3.8, 4) is 0 Å². The Morgan fingerprint density at radius 2 is 1.05 bits per heavy atom. The topological polar surface area (TPSA) is 86.7 Å². The maximum atomic E-state index is 11.3. The summed E-state index contributed by atoms with van der Waals surface area (Å²) in [5.41, 5.74) is 0. The molecule has 0 aromatic carbocycles. The SMILES string of the molecule is COC(=O)CCC(=O)/C=C/C=C/C(=O)CCC(=O)OC. The fourth-order valence-corrected chi connectivity index (χ4v) is 1.15. The second-order valence-electron chi connectivity index (χ2n) is 3.80. The monoisotopic (exact) mass is 282 g/mol. The number of ketones is 2. The predicted molar refractivity (Wildman–Crippen MR) is 70.8 cm³/mol. The molecule has 0 saturated heterocycles. The zero-order valence-electron chi connectivity index (χ0n) is 11.6. The molecule has 0 aromatic rings. The molecule has 0 aliphatic heterocycles. The van der Waals surface area contributed by atoms with Gasteiger partial charge >= 0.3 is 11.9 Å². The number of carbonyl (C=O) groups is 4. The van der Waals surface area contributed by atoms with Crippen LogP contribution in [0.4, 0.5) is 0 Å². The highest BCUT2D eigenvalue weighted by Gasteiger charge is 2.04. The van der Waals surface area contributed by atoms with Crippen molar-refractivity contribution in [3.05, 3.63) is 24.3 Å². The van der Waals surface area contributed by atoms with Crippen LogP contribution in [0.25, 0.3) is 0 Å². The fourth-order valence-electron chi connectivity index (χ4n) is 1.15. The van der Waals surface area contributed by atoms with Gasteiger partial charge in [0.05, 0.1) is 27.1 Å². The number of hydrogen-bond acceptors (Lipinski definition) is 6. The van der Waals surface area contributed by atoms with Crippen molar-refractivity contribution in [2.75, 3.05) is 14.2 Å². The number of rotatable bonds is 9. The molecule has 0 fully saturated rings. The highest BCUT2D eigenvalue weighted by Crippen LogP contribution is 1.97. The van der Waals surface area contributed by atoms with Crippen LogP contribution in [-0.4, -0.2) is 37.7 Å². The largest absolute Gasteiger partial charge is 0.469 e. The molecule has 0 aromatic heterocycles. The Kier molecular flexibility index (Phi) is 9.47. The van der Waals surface area contributed by atoms with Crippen LogP contribution in [-0.2, 0) is 28.7 Å². The van der Waals surface area contributed by atoms with Gasteiger partial charge in [0.25, 0.3) is 0 Å². The van der Waals surface area contributed by atoms with Gasteiger partial charge in [0.2, 0.25) is 0 Å². The number of allylic oxidation sites excluding steroid dienone is 4. The van der Waals surface area contributed by atoms with E-state index in [1.54, 1.807) is 0 Å². The third-order valence-corrected chi connectivity index (χ3v) is 2.28. The lowest BCUT2D eigenvalue weighted by molar-refractivity contribution is -0.142. The fraction of sp³-hybridized carbons (Fsp3) is 0.429. The van der Waals surface area contributed by atoms with Gasteiger partial charge in [0, 0.05) is 12.8 Å². The molecule has 0 aliphatic rings. The lowest BCUT2D eigenvalue weighted by Crippen LogP contribution is -2.03. The molecule has 0 heterocycles. The molecule has 6 nitrogen and oxygen atoms in total. The standard InChI is InChI=1S/C14H18O6/c1-19-13(17)9-7-11(15)5-3-4-6-12(16)8-10-14(18)20-2/h3-6H,7-10H2,1-2H3/b5-3+,6-4+. The average Bonchev–Trinajstić information content (AvgIpc) is 2.46. The summed E-state index contributed by atoms with van der Waals surface area (Å²) in [4.78, 5) is 44.2. The summed E-state index contributed by atoms with van der Waals surface area (Å²) in [5.74, 6) is -1.36. The first kappa shape index (κ1) is 17.8. The number of esters is 2. The molecule has 0 N–H and O–H groups in total. The van der Waals surface area contributed by atoms with Crippen molar-refractivity contribution in [2.24, 2.45) is 0 Å². The first-order valence-corrected chi connectivity index (χ1v) is 6.03. The second kappa shape index (κ2) is 10.7. The van der Waals surface area contributed by atoms with Gasteiger partial charge in [0.1, 0.15) is 0 Å². The predicted octanol–water partition coefficient (Wildman–Crippen LogP) is 1.14. The minimum atomic E-state index is -0.444. The Bertz CT molecular complexity index is 379. The Hall–Kier alpha value is -2.24.